The largest absolute Gasteiger partial charge is 0.484 e. The summed E-state index contributed by atoms with van der Waals surface area (Å²) in [4.78, 5) is 25.3. The summed E-state index contributed by atoms with van der Waals surface area (Å²) in [6.07, 6.45) is 0. The first-order chi connectivity index (χ1) is 11.3. The molecule has 0 aromatic heterocycles. The highest BCUT2D eigenvalue weighted by atomic mass is 16.5. The predicted octanol–water partition coefficient (Wildman–Crippen LogP) is 3.02. The van der Waals surface area contributed by atoms with Gasteiger partial charge in [-0.15, -0.1) is 0 Å². The van der Waals surface area contributed by atoms with Gasteiger partial charge in [0.1, 0.15) is 5.75 Å². The van der Waals surface area contributed by atoms with Crippen molar-refractivity contribution in [3.63, 3.8) is 0 Å². The van der Waals surface area contributed by atoms with E-state index in [1.54, 1.807) is 38.4 Å². The number of aryl methyl sites for hydroxylation is 2. The van der Waals surface area contributed by atoms with Crippen molar-refractivity contribution in [2.24, 2.45) is 0 Å². The maximum absolute atomic E-state index is 12.0. The molecular weight excluding hydrogens is 304 g/mol. The van der Waals surface area contributed by atoms with E-state index in [0.717, 1.165) is 11.1 Å². The molecule has 0 bridgehead atoms. The molecule has 0 unspecified atom stereocenters. The van der Waals surface area contributed by atoms with Crippen molar-refractivity contribution in [1.82, 2.24) is 4.90 Å². The molecule has 0 aliphatic rings. The van der Waals surface area contributed by atoms with Crippen molar-refractivity contribution >= 4 is 17.5 Å². The molecule has 1 N–H and O–H groups in total. The van der Waals surface area contributed by atoms with Crippen LogP contribution in [0.5, 0.6) is 5.75 Å². The molecule has 2 rings (SSSR count). The Morgan fingerprint density at radius 2 is 1.58 bits per heavy atom. The molecule has 0 atom stereocenters. The molecule has 2 aromatic rings. The number of ether oxygens (including phenoxy) is 1. The van der Waals surface area contributed by atoms with Gasteiger partial charge < -0.3 is 15.0 Å². The molecule has 0 heterocycles. The number of amides is 2. The van der Waals surface area contributed by atoms with E-state index in [1.165, 1.54) is 4.90 Å². The third-order valence-corrected chi connectivity index (χ3v) is 3.39. The number of carbonyl (C=O) groups excluding carboxylic acids is 2. The van der Waals surface area contributed by atoms with E-state index in [-0.39, 0.29) is 18.4 Å². The zero-order chi connectivity index (χ0) is 17.7. The normalized spacial score (nSPS) is 10.2. The Balaban J connectivity index is 1.91. The lowest BCUT2D eigenvalue weighted by Gasteiger charge is -2.11. The third-order valence-electron chi connectivity index (χ3n) is 3.39. The molecule has 5 nitrogen and oxygen atoms in total. The molecule has 126 valence electrons. The van der Waals surface area contributed by atoms with Gasteiger partial charge in [-0.05, 0) is 61.4 Å². The highest BCUT2D eigenvalue weighted by Crippen LogP contribution is 2.16. The fourth-order valence-corrected chi connectivity index (χ4v) is 2.32. The van der Waals surface area contributed by atoms with Crippen LogP contribution in [-0.4, -0.2) is 37.4 Å². The van der Waals surface area contributed by atoms with Gasteiger partial charge in [-0.25, -0.2) is 0 Å². The fourth-order valence-electron chi connectivity index (χ4n) is 2.32. The zero-order valence-electron chi connectivity index (χ0n) is 14.4. The molecule has 0 radical (unpaired) electrons. The van der Waals surface area contributed by atoms with Crippen LogP contribution in [0.1, 0.15) is 21.5 Å². The van der Waals surface area contributed by atoms with Crippen LogP contribution in [0.15, 0.2) is 42.5 Å². The molecule has 2 aromatic carbocycles. The van der Waals surface area contributed by atoms with Crippen LogP contribution in [0, 0.1) is 13.8 Å². The summed E-state index contributed by atoms with van der Waals surface area (Å²) >= 11 is 0. The first kappa shape index (κ1) is 17.5. The second kappa shape index (κ2) is 7.64. The van der Waals surface area contributed by atoms with E-state index in [1.807, 2.05) is 32.0 Å². The second-order valence-electron chi connectivity index (χ2n) is 5.94. The maximum Gasteiger partial charge on any atom is 0.262 e. The average molecular weight is 326 g/mol. The highest BCUT2D eigenvalue weighted by molar-refractivity contribution is 5.95. The number of nitrogens with zero attached hydrogens (tertiary/aromatic N) is 1. The molecule has 0 aliphatic heterocycles. The lowest BCUT2D eigenvalue weighted by molar-refractivity contribution is -0.118. The molecule has 0 spiro atoms. The van der Waals surface area contributed by atoms with Gasteiger partial charge in [-0.2, -0.15) is 0 Å². The van der Waals surface area contributed by atoms with Crippen LogP contribution in [0.25, 0.3) is 0 Å². The van der Waals surface area contributed by atoms with Crippen LogP contribution in [0.3, 0.4) is 0 Å². The Kier molecular flexibility index (Phi) is 5.58. The molecule has 0 saturated carbocycles. The number of hydrogen-bond acceptors (Lipinski definition) is 3. The Morgan fingerprint density at radius 1 is 1.00 bits per heavy atom. The molecule has 2 amide bonds. The SMILES string of the molecule is Cc1cc(C)cc(OCC(=O)Nc2ccc(C(=O)N(C)C)cc2)c1. The number of nitrogens with one attached hydrogen (secondary N) is 1. The number of hydrogen-bond donors (Lipinski definition) is 1. The Bertz CT molecular complexity index is 717. The molecule has 24 heavy (non-hydrogen) atoms. The standard InChI is InChI=1S/C19H22N2O3/c1-13-9-14(2)11-17(10-13)24-12-18(22)20-16-7-5-15(6-8-16)19(23)21(3)4/h5-11H,12H2,1-4H3,(H,20,22). The van der Waals surface area contributed by atoms with Crippen LogP contribution in [0.4, 0.5) is 5.69 Å². The van der Waals surface area contributed by atoms with Gasteiger partial charge in [0.2, 0.25) is 0 Å². The Morgan fingerprint density at radius 3 is 2.12 bits per heavy atom. The van der Waals surface area contributed by atoms with Crippen LogP contribution in [0.2, 0.25) is 0 Å². The third kappa shape index (κ3) is 4.84. The Labute approximate surface area is 142 Å². The first-order valence-electron chi connectivity index (χ1n) is 7.68. The summed E-state index contributed by atoms with van der Waals surface area (Å²) in [5, 5.41) is 2.75. The van der Waals surface area contributed by atoms with Crippen LogP contribution in [-0.2, 0) is 4.79 Å². The average Bonchev–Trinajstić information content (AvgIpc) is 2.52. The summed E-state index contributed by atoms with van der Waals surface area (Å²) in [6.45, 7) is 3.90. The van der Waals surface area contributed by atoms with Gasteiger partial charge in [-0.1, -0.05) is 6.07 Å². The van der Waals surface area contributed by atoms with Crippen molar-refractivity contribution < 1.29 is 14.3 Å². The molecular formula is C19H22N2O3. The Hall–Kier alpha value is -2.82. The monoisotopic (exact) mass is 326 g/mol. The van der Waals surface area contributed by atoms with E-state index >= 15 is 0 Å². The predicted molar refractivity (Wildman–Crippen MR) is 94.5 cm³/mol. The number of rotatable bonds is 5. The number of benzene rings is 2. The fraction of sp³-hybridized carbons (Fsp3) is 0.263. The summed E-state index contributed by atoms with van der Waals surface area (Å²) < 4.78 is 5.52. The van der Waals surface area contributed by atoms with Gasteiger partial charge in [0, 0.05) is 25.3 Å². The molecule has 5 heteroatoms. The number of carbonyl (C=O) groups is 2. The second-order valence-corrected chi connectivity index (χ2v) is 5.94. The quantitative estimate of drug-likeness (QED) is 0.919. The van der Waals surface area contributed by atoms with Crippen LogP contribution < -0.4 is 10.1 Å². The lowest BCUT2D eigenvalue weighted by atomic mass is 10.1. The van der Waals surface area contributed by atoms with Crippen LogP contribution >= 0.6 is 0 Å². The topological polar surface area (TPSA) is 58.6 Å². The summed E-state index contributed by atoms with van der Waals surface area (Å²) in [7, 11) is 3.39. The lowest BCUT2D eigenvalue weighted by Crippen LogP contribution is -2.22. The van der Waals surface area contributed by atoms with Crippen molar-refractivity contribution in [2.45, 2.75) is 13.8 Å². The summed E-state index contributed by atoms with van der Waals surface area (Å²) in [5.74, 6) is 0.349. The molecule has 0 saturated heterocycles. The van der Waals surface area contributed by atoms with Gasteiger partial charge in [0.05, 0.1) is 0 Å². The molecule has 0 fully saturated rings. The van der Waals surface area contributed by atoms with Crippen molar-refractivity contribution in [3.8, 4) is 5.75 Å². The van der Waals surface area contributed by atoms with E-state index in [9.17, 15) is 9.59 Å². The van der Waals surface area contributed by atoms with Gasteiger partial charge >= 0.3 is 0 Å². The summed E-state index contributed by atoms with van der Waals surface area (Å²) in [5.41, 5.74) is 3.38. The minimum absolute atomic E-state index is 0.0682. The minimum Gasteiger partial charge on any atom is -0.484 e. The number of anilines is 1. The van der Waals surface area contributed by atoms with Gasteiger partial charge in [0.15, 0.2) is 6.61 Å². The maximum atomic E-state index is 12.0. The molecule has 0 aliphatic carbocycles. The smallest absolute Gasteiger partial charge is 0.262 e. The van der Waals surface area contributed by atoms with Crippen molar-refractivity contribution in [1.29, 1.82) is 0 Å². The van der Waals surface area contributed by atoms with Crippen molar-refractivity contribution in [2.75, 3.05) is 26.0 Å². The van der Waals surface area contributed by atoms with Gasteiger partial charge in [-0.3, -0.25) is 9.59 Å². The van der Waals surface area contributed by atoms with Gasteiger partial charge in [0.25, 0.3) is 11.8 Å². The van der Waals surface area contributed by atoms with E-state index in [2.05, 4.69) is 5.32 Å². The zero-order valence-corrected chi connectivity index (χ0v) is 14.4. The van der Waals surface area contributed by atoms with E-state index in [4.69, 9.17) is 4.74 Å². The summed E-state index contributed by atoms with van der Waals surface area (Å²) in [6, 6.07) is 12.6. The van der Waals surface area contributed by atoms with E-state index in [0.29, 0.717) is 17.0 Å². The van der Waals surface area contributed by atoms with E-state index < -0.39 is 0 Å². The first-order valence-corrected chi connectivity index (χ1v) is 7.68. The minimum atomic E-state index is -0.249. The van der Waals surface area contributed by atoms with Crippen molar-refractivity contribution in [3.05, 3.63) is 59.2 Å². The highest BCUT2D eigenvalue weighted by Gasteiger charge is 2.09.